The summed E-state index contributed by atoms with van der Waals surface area (Å²) >= 11 is 0. The van der Waals surface area contributed by atoms with Gasteiger partial charge in [-0.15, -0.1) is 13.2 Å². The van der Waals surface area contributed by atoms with Crippen molar-refractivity contribution in [2.24, 2.45) is 0 Å². The van der Waals surface area contributed by atoms with E-state index in [0.29, 0.717) is 12.2 Å². The van der Waals surface area contributed by atoms with Crippen LogP contribution in [0.3, 0.4) is 0 Å². The summed E-state index contributed by atoms with van der Waals surface area (Å²) in [5.74, 6) is 0. The normalized spacial score (nSPS) is 13.1. The summed E-state index contributed by atoms with van der Waals surface area (Å²) in [5, 5.41) is 3.86. The van der Waals surface area contributed by atoms with E-state index in [2.05, 4.69) is 46.4 Å². The van der Waals surface area contributed by atoms with Crippen LogP contribution in [0, 0.1) is 0 Å². The lowest BCUT2D eigenvalue weighted by atomic mass is 10.1. The lowest BCUT2D eigenvalue weighted by molar-refractivity contribution is -0.919. The maximum Gasteiger partial charge on any atom is 0.142 e. The Labute approximate surface area is 165 Å². The first-order valence-electron chi connectivity index (χ1n) is 11.3. The summed E-state index contributed by atoms with van der Waals surface area (Å²) in [7, 11) is 4.77. The highest BCUT2D eigenvalue weighted by Crippen LogP contribution is 2.15. The van der Waals surface area contributed by atoms with Crippen molar-refractivity contribution >= 4 is 0 Å². The van der Waals surface area contributed by atoms with Crippen molar-refractivity contribution in [1.82, 2.24) is 5.32 Å². The van der Waals surface area contributed by atoms with Gasteiger partial charge in [0.2, 0.25) is 0 Å². The zero-order valence-corrected chi connectivity index (χ0v) is 18.6. The fourth-order valence-electron chi connectivity index (χ4n) is 3.88. The largest absolute Gasteiger partial charge is 0.314 e. The third-order valence-electron chi connectivity index (χ3n) is 5.65. The molecule has 0 amide bonds. The van der Waals surface area contributed by atoms with Gasteiger partial charge in [0.15, 0.2) is 0 Å². The van der Waals surface area contributed by atoms with E-state index in [1.165, 1.54) is 70.8 Å². The van der Waals surface area contributed by atoms with Gasteiger partial charge in [0.05, 0.1) is 20.6 Å². The molecule has 0 saturated carbocycles. The van der Waals surface area contributed by atoms with Gasteiger partial charge in [0.1, 0.15) is 6.17 Å². The first-order valence-corrected chi connectivity index (χ1v) is 11.3. The molecule has 2 nitrogen and oxygen atoms in total. The molecule has 0 aromatic rings. The summed E-state index contributed by atoms with van der Waals surface area (Å²) in [4.78, 5) is 0. The van der Waals surface area contributed by atoms with Crippen molar-refractivity contribution in [2.75, 3.05) is 20.6 Å². The van der Waals surface area contributed by atoms with E-state index in [4.69, 9.17) is 0 Å². The third kappa shape index (κ3) is 12.7. The Morgan fingerprint density at radius 3 is 1.65 bits per heavy atom. The van der Waals surface area contributed by atoms with Crippen LogP contribution in [0.4, 0.5) is 0 Å². The van der Waals surface area contributed by atoms with Crippen molar-refractivity contribution in [2.45, 2.75) is 110 Å². The van der Waals surface area contributed by atoms with Gasteiger partial charge in [-0.05, 0) is 25.7 Å². The summed E-state index contributed by atoms with van der Waals surface area (Å²) in [6, 6.07) is 0.472. The quantitative estimate of drug-likeness (QED) is 0.114. The second-order valence-electron chi connectivity index (χ2n) is 8.52. The zero-order chi connectivity index (χ0) is 19.7. The van der Waals surface area contributed by atoms with E-state index >= 15 is 0 Å². The second-order valence-corrected chi connectivity index (χ2v) is 8.52. The molecule has 26 heavy (non-hydrogen) atoms. The minimum Gasteiger partial charge on any atom is -0.314 e. The summed E-state index contributed by atoms with van der Waals surface area (Å²) < 4.78 is 1.07. The zero-order valence-electron chi connectivity index (χ0n) is 18.6. The average Bonchev–Trinajstić information content (AvgIpc) is 2.61. The van der Waals surface area contributed by atoms with E-state index < -0.39 is 0 Å². The van der Waals surface area contributed by atoms with E-state index in [0.717, 1.165) is 23.7 Å². The highest BCUT2D eigenvalue weighted by Gasteiger charge is 2.27. The Hall–Kier alpha value is -0.600. The maximum absolute atomic E-state index is 3.90. The van der Waals surface area contributed by atoms with Crippen LogP contribution in [0.1, 0.15) is 97.3 Å². The molecule has 0 fully saturated rings. The molecule has 0 spiro atoms. The van der Waals surface area contributed by atoms with Crippen LogP contribution in [0.25, 0.3) is 0 Å². The molecule has 0 aromatic heterocycles. The van der Waals surface area contributed by atoms with Gasteiger partial charge in [-0.1, -0.05) is 77.4 Å². The topological polar surface area (TPSA) is 12.0 Å². The van der Waals surface area contributed by atoms with Gasteiger partial charge in [0.25, 0.3) is 0 Å². The SMILES string of the molecule is C=CCC(CC=C)NC(CC)[N+](C)(C)CCCCCCCCCCCC. The van der Waals surface area contributed by atoms with Gasteiger partial charge in [-0.3, -0.25) is 5.32 Å². The number of hydrogen-bond acceptors (Lipinski definition) is 1. The number of nitrogens with zero attached hydrogens (tertiary/aromatic N) is 1. The van der Waals surface area contributed by atoms with Crippen LogP contribution in [0.2, 0.25) is 0 Å². The molecule has 0 aliphatic heterocycles. The maximum atomic E-state index is 3.90. The first kappa shape index (κ1) is 25.4. The fourth-order valence-corrected chi connectivity index (χ4v) is 3.88. The number of unbranched alkanes of at least 4 members (excludes halogenated alkanes) is 9. The molecular formula is C24H49N2+. The highest BCUT2D eigenvalue weighted by molar-refractivity contribution is 4.84. The van der Waals surface area contributed by atoms with Gasteiger partial charge < -0.3 is 4.48 Å². The van der Waals surface area contributed by atoms with Crippen LogP contribution in [0.15, 0.2) is 25.3 Å². The van der Waals surface area contributed by atoms with Gasteiger partial charge in [-0.2, -0.15) is 0 Å². The third-order valence-corrected chi connectivity index (χ3v) is 5.65. The smallest absolute Gasteiger partial charge is 0.142 e. The molecule has 0 heterocycles. The van der Waals surface area contributed by atoms with E-state index in [-0.39, 0.29) is 0 Å². The van der Waals surface area contributed by atoms with Crippen molar-refractivity contribution in [3.05, 3.63) is 25.3 Å². The molecule has 154 valence electrons. The highest BCUT2D eigenvalue weighted by atomic mass is 15.4. The molecule has 0 rings (SSSR count). The van der Waals surface area contributed by atoms with Crippen LogP contribution in [-0.2, 0) is 0 Å². The summed E-state index contributed by atoms with van der Waals surface area (Å²) in [6.45, 7) is 13.7. The Morgan fingerprint density at radius 1 is 0.769 bits per heavy atom. The minimum absolute atomic E-state index is 0.472. The Bertz CT molecular complexity index is 325. The van der Waals surface area contributed by atoms with Crippen LogP contribution in [-0.4, -0.2) is 37.3 Å². The molecule has 1 atom stereocenters. The van der Waals surface area contributed by atoms with Crippen LogP contribution in [0.5, 0.6) is 0 Å². The number of rotatable bonds is 19. The lowest BCUT2D eigenvalue weighted by Crippen LogP contribution is -2.58. The minimum atomic E-state index is 0.472. The van der Waals surface area contributed by atoms with Gasteiger partial charge >= 0.3 is 0 Å². The monoisotopic (exact) mass is 365 g/mol. The lowest BCUT2D eigenvalue weighted by Gasteiger charge is -2.40. The Balaban J connectivity index is 4.00. The standard InChI is InChI=1S/C24H49N2/c1-7-11-12-13-14-15-16-17-18-19-22-26(5,6)24(10-4)25-23(20-8-2)21-9-3/h8-9,23-25H,2-3,7,10-22H2,1,4-6H3/q+1. The molecule has 0 aliphatic rings. The van der Waals surface area contributed by atoms with Crippen molar-refractivity contribution < 1.29 is 4.48 Å². The summed E-state index contributed by atoms with van der Waals surface area (Å²) in [6.07, 6.45) is 21.8. The Kier molecular flexibility index (Phi) is 16.2. The molecule has 0 aliphatic carbocycles. The Morgan fingerprint density at radius 2 is 1.23 bits per heavy atom. The average molecular weight is 366 g/mol. The fraction of sp³-hybridized carbons (Fsp3) is 0.833. The molecule has 1 unspecified atom stereocenters. The first-order chi connectivity index (χ1) is 12.5. The molecule has 1 N–H and O–H groups in total. The predicted molar refractivity (Wildman–Crippen MR) is 119 cm³/mol. The van der Waals surface area contributed by atoms with Crippen molar-refractivity contribution in [3.63, 3.8) is 0 Å². The number of nitrogens with one attached hydrogen (secondary N) is 1. The van der Waals surface area contributed by atoms with E-state index in [9.17, 15) is 0 Å². The summed E-state index contributed by atoms with van der Waals surface area (Å²) in [5.41, 5.74) is 0. The number of hydrogen-bond donors (Lipinski definition) is 1. The molecule has 0 bridgehead atoms. The molecule has 2 heteroatoms. The van der Waals surface area contributed by atoms with Crippen LogP contribution >= 0.6 is 0 Å². The molecule has 0 saturated heterocycles. The number of quaternary nitrogens is 1. The molecule has 0 radical (unpaired) electrons. The van der Waals surface area contributed by atoms with Crippen molar-refractivity contribution in [1.29, 1.82) is 0 Å². The van der Waals surface area contributed by atoms with Crippen LogP contribution < -0.4 is 5.32 Å². The molecule has 0 aromatic carbocycles. The second kappa shape index (κ2) is 16.6. The van der Waals surface area contributed by atoms with Gasteiger partial charge in [0, 0.05) is 12.5 Å². The molecular weight excluding hydrogens is 316 g/mol. The predicted octanol–water partition coefficient (Wildman–Crippen LogP) is 6.83. The van der Waals surface area contributed by atoms with Crippen molar-refractivity contribution in [3.8, 4) is 0 Å². The van der Waals surface area contributed by atoms with Gasteiger partial charge in [-0.25, -0.2) is 0 Å². The van der Waals surface area contributed by atoms with E-state index in [1.54, 1.807) is 0 Å². The van der Waals surface area contributed by atoms with E-state index in [1.807, 2.05) is 12.2 Å².